The number of piperidine rings is 1. The van der Waals surface area contributed by atoms with Crippen molar-refractivity contribution in [2.24, 2.45) is 0 Å². The van der Waals surface area contributed by atoms with Crippen LogP contribution in [0.25, 0.3) is 0 Å². The second kappa shape index (κ2) is 5.76. The first-order valence-electron chi connectivity index (χ1n) is 7.40. The van der Waals surface area contributed by atoms with E-state index in [4.69, 9.17) is 11.6 Å². The number of nitrogens with zero attached hydrogens (tertiary/aromatic N) is 1. The van der Waals surface area contributed by atoms with Gasteiger partial charge in [0.25, 0.3) is 0 Å². The fourth-order valence-corrected chi connectivity index (χ4v) is 5.39. The lowest BCUT2D eigenvalue weighted by Crippen LogP contribution is -2.50. The van der Waals surface area contributed by atoms with E-state index in [-0.39, 0.29) is 17.5 Å². The summed E-state index contributed by atoms with van der Waals surface area (Å²) in [6, 6.07) is 6.82. The van der Waals surface area contributed by atoms with E-state index < -0.39 is 21.5 Å². The zero-order valence-corrected chi connectivity index (χ0v) is 13.7. The molecule has 1 aromatic rings. The van der Waals surface area contributed by atoms with Crippen molar-refractivity contribution in [2.45, 2.75) is 30.6 Å². The maximum atomic E-state index is 11.6. The molecular weight excluding hydrogens is 326 g/mol. The number of aliphatic hydroxyl groups is 2. The van der Waals surface area contributed by atoms with E-state index in [9.17, 15) is 18.6 Å². The largest absolute Gasteiger partial charge is 0.390 e. The van der Waals surface area contributed by atoms with Gasteiger partial charge in [-0.05, 0) is 30.5 Å². The van der Waals surface area contributed by atoms with Crippen molar-refractivity contribution in [3.05, 3.63) is 34.9 Å². The molecule has 5 nitrogen and oxygen atoms in total. The summed E-state index contributed by atoms with van der Waals surface area (Å²) in [5.41, 5.74) is -0.0834. The minimum atomic E-state index is -3.15. The van der Waals surface area contributed by atoms with Gasteiger partial charge < -0.3 is 10.2 Å². The second-order valence-corrected chi connectivity index (χ2v) is 8.88. The molecule has 2 heterocycles. The number of aliphatic hydroxyl groups excluding tert-OH is 1. The van der Waals surface area contributed by atoms with Gasteiger partial charge in [0, 0.05) is 18.1 Å². The molecule has 0 unspecified atom stereocenters. The average Bonchev–Trinajstić information content (AvgIpc) is 2.73. The summed E-state index contributed by atoms with van der Waals surface area (Å²) in [5, 5.41) is 21.4. The Morgan fingerprint density at radius 1 is 1.14 bits per heavy atom. The Morgan fingerprint density at radius 2 is 1.73 bits per heavy atom. The summed E-state index contributed by atoms with van der Waals surface area (Å²) < 4.78 is 23.3. The Morgan fingerprint density at radius 3 is 2.23 bits per heavy atom. The van der Waals surface area contributed by atoms with Gasteiger partial charge in [-0.1, -0.05) is 23.7 Å². The van der Waals surface area contributed by atoms with Crippen LogP contribution in [0.3, 0.4) is 0 Å². The quantitative estimate of drug-likeness (QED) is 0.828. The number of halogens is 1. The van der Waals surface area contributed by atoms with E-state index in [1.54, 1.807) is 12.1 Å². The van der Waals surface area contributed by atoms with E-state index in [1.165, 1.54) is 0 Å². The molecule has 122 valence electrons. The number of sulfone groups is 1. The molecule has 22 heavy (non-hydrogen) atoms. The van der Waals surface area contributed by atoms with Gasteiger partial charge in [0.1, 0.15) is 0 Å². The van der Waals surface area contributed by atoms with Crippen LogP contribution in [0.4, 0.5) is 0 Å². The summed E-state index contributed by atoms with van der Waals surface area (Å²) in [4.78, 5) is 1.99. The lowest BCUT2D eigenvalue weighted by atomic mass is 9.84. The molecule has 0 aliphatic carbocycles. The lowest BCUT2D eigenvalue weighted by molar-refractivity contribution is -0.0449. The van der Waals surface area contributed by atoms with Crippen molar-refractivity contribution in [2.75, 3.05) is 24.6 Å². The summed E-state index contributed by atoms with van der Waals surface area (Å²) in [5.74, 6) is -0.150. The van der Waals surface area contributed by atoms with Gasteiger partial charge in [0.05, 0.1) is 29.3 Å². The predicted octanol–water partition coefficient (Wildman–Crippen LogP) is 0.781. The first-order valence-corrected chi connectivity index (χ1v) is 9.60. The maximum Gasteiger partial charge on any atom is 0.154 e. The molecule has 0 spiro atoms. The van der Waals surface area contributed by atoms with Crippen molar-refractivity contribution in [3.8, 4) is 0 Å². The fourth-order valence-electron chi connectivity index (χ4n) is 3.43. The smallest absolute Gasteiger partial charge is 0.154 e. The Kier molecular flexibility index (Phi) is 4.24. The third-order valence-corrected chi connectivity index (χ3v) is 6.72. The Hall–Kier alpha value is -0.660. The number of benzene rings is 1. The zero-order valence-electron chi connectivity index (χ0n) is 12.2. The Labute approximate surface area is 135 Å². The molecule has 2 saturated heterocycles. The minimum absolute atomic E-state index is 0.00748. The number of likely N-dealkylation sites (tertiary alicyclic amines) is 1. The van der Waals surface area contributed by atoms with Gasteiger partial charge in [0.2, 0.25) is 0 Å². The highest BCUT2D eigenvalue weighted by molar-refractivity contribution is 7.91. The third-order valence-electron chi connectivity index (χ3n) is 4.77. The van der Waals surface area contributed by atoms with Crippen LogP contribution >= 0.6 is 11.6 Å². The van der Waals surface area contributed by atoms with Crippen LogP contribution in [0.5, 0.6) is 0 Å². The number of rotatable bonds is 2. The molecule has 1 aromatic carbocycles. The monoisotopic (exact) mass is 345 g/mol. The molecule has 2 fully saturated rings. The average molecular weight is 346 g/mol. The van der Waals surface area contributed by atoms with Crippen molar-refractivity contribution in [1.82, 2.24) is 4.90 Å². The molecule has 0 amide bonds. The van der Waals surface area contributed by atoms with Crippen LogP contribution in [-0.4, -0.2) is 60.3 Å². The minimum Gasteiger partial charge on any atom is -0.390 e. The normalized spacial score (nSPS) is 31.2. The summed E-state index contributed by atoms with van der Waals surface area (Å²) in [6.45, 7) is 1.13. The van der Waals surface area contributed by atoms with Crippen LogP contribution in [0.15, 0.2) is 24.3 Å². The molecule has 2 aliphatic heterocycles. The highest BCUT2D eigenvalue weighted by atomic mass is 35.5. The fraction of sp³-hybridized carbons (Fsp3) is 0.600. The van der Waals surface area contributed by atoms with E-state index in [0.29, 0.717) is 31.0 Å². The Balaban J connectivity index is 1.68. The summed E-state index contributed by atoms with van der Waals surface area (Å²) >= 11 is 5.87. The van der Waals surface area contributed by atoms with Gasteiger partial charge >= 0.3 is 0 Å². The summed E-state index contributed by atoms with van der Waals surface area (Å²) in [7, 11) is -3.15. The molecule has 3 rings (SSSR count). The topological polar surface area (TPSA) is 77.8 Å². The van der Waals surface area contributed by atoms with E-state index in [0.717, 1.165) is 5.56 Å². The molecule has 7 heteroatoms. The first-order chi connectivity index (χ1) is 10.3. The molecular formula is C15H20ClNO4S. The summed E-state index contributed by atoms with van der Waals surface area (Å²) in [6.07, 6.45) is 0.197. The van der Waals surface area contributed by atoms with Gasteiger partial charge in [0.15, 0.2) is 9.84 Å². The van der Waals surface area contributed by atoms with Crippen molar-refractivity contribution in [3.63, 3.8) is 0 Å². The maximum absolute atomic E-state index is 11.6. The van der Waals surface area contributed by atoms with E-state index in [1.807, 2.05) is 17.0 Å². The van der Waals surface area contributed by atoms with Crippen LogP contribution in [0.1, 0.15) is 18.4 Å². The van der Waals surface area contributed by atoms with Gasteiger partial charge in [-0.15, -0.1) is 0 Å². The highest BCUT2D eigenvalue weighted by Gasteiger charge is 2.43. The molecule has 2 N–H and O–H groups in total. The van der Waals surface area contributed by atoms with Crippen LogP contribution in [-0.2, 0) is 15.4 Å². The van der Waals surface area contributed by atoms with Crippen molar-refractivity contribution < 1.29 is 18.6 Å². The Bertz CT molecular complexity index is 638. The molecule has 0 aromatic heterocycles. The number of hydrogen-bond acceptors (Lipinski definition) is 5. The predicted molar refractivity (Wildman–Crippen MR) is 84.6 cm³/mol. The molecule has 0 saturated carbocycles. The number of hydrogen-bond donors (Lipinski definition) is 2. The lowest BCUT2D eigenvalue weighted by Gasteiger charge is -2.41. The first kappa shape index (κ1) is 16.2. The third kappa shape index (κ3) is 3.16. The SMILES string of the molecule is O=S1(=O)C[C@@H](O)[C@H](N2CCC(O)(c3ccc(Cl)cc3)CC2)C1. The van der Waals surface area contributed by atoms with E-state index in [2.05, 4.69) is 0 Å². The van der Waals surface area contributed by atoms with Crippen molar-refractivity contribution >= 4 is 21.4 Å². The van der Waals surface area contributed by atoms with Gasteiger partial charge in [-0.3, -0.25) is 4.90 Å². The van der Waals surface area contributed by atoms with Crippen LogP contribution in [0, 0.1) is 0 Å². The van der Waals surface area contributed by atoms with E-state index >= 15 is 0 Å². The molecule has 2 atom stereocenters. The highest BCUT2D eigenvalue weighted by Crippen LogP contribution is 2.35. The zero-order chi connectivity index (χ0) is 16.0. The molecule has 2 aliphatic rings. The van der Waals surface area contributed by atoms with Crippen LogP contribution in [0.2, 0.25) is 5.02 Å². The second-order valence-electron chi connectivity index (χ2n) is 6.29. The molecule has 0 bridgehead atoms. The standard InChI is InChI=1S/C15H20ClNO4S/c16-12-3-1-11(2-4-12)15(19)5-7-17(8-6-15)13-9-22(20,21)10-14(13)18/h1-4,13-14,18-19H,5-10H2/t13-,14-/m1/s1. The van der Waals surface area contributed by atoms with Crippen LogP contribution < -0.4 is 0 Å². The van der Waals surface area contributed by atoms with Crippen molar-refractivity contribution in [1.29, 1.82) is 0 Å². The van der Waals surface area contributed by atoms with Gasteiger partial charge in [-0.2, -0.15) is 0 Å². The van der Waals surface area contributed by atoms with Gasteiger partial charge in [-0.25, -0.2) is 8.42 Å². The molecule has 0 radical (unpaired) electrons.